The van der Waals surface area contributed by atoms with E-state index in [1.165, 1.54) is 0 Å². The van der Waals surface area contributed by atoms with Gasteiger partial charge in [-0.05, 0) is 0 Å². The van der Waals surface area contributed by atoms with Gasteiger partial charge in [-0.1, -0.05) is 181 Å². The largest absolute Gasteiger partial charge is 0.387 e. The number of aliphatic hydroxyl groups excluding tert-OH is 16. The molecule has 16 bridgehead atoms. The van der Waals surface area contributed by atoms with E-state index in [1.54, 1.807) is 0 Å². The average Bonchev–Trinajstić information content (AvgIpc) is 0.980. The van der Waals surface area contributed by atoms with Crippen LogP contribution in [0.1, 0.15) is 0 Å². The number of halogens is 8. The fraction of sp³-hybridized carbons (Fsp3) is 1.00. The summed E-state index contributed by atoms with van der Waals surface area (Å²) in [5.74, 6) is 0. The first-order chi connectivity index (χ1) is 41.9. The van der Waals surface area contributed by atoms with E-state index in [4.69, 9.17) is 75.8 Å². The molecule has 30 aliphatic heterocycles. The van der Waals surface area contributed by atoms with Crippen LogP contribution in [-0.4, -0.2) is 363 Å². The Balaban J connectivity index is 0.975. The molecule has 30 aliphatic rings. The highest BCUT2D eigenvalue weighted by atomic mass is 127. The molecule has 30 rings (SSSR count). The van der Waals surface area contributed by atoms with Gasteiger partial charge in [0.15, 0.2) is 50.3 Å². The van der Waals surface area contributed by atoms with Crippen molar-refractivity contribution in [2.75, 3.05) is 35.4 Å². The highest BCUT2D eigenvalue weighted by molar-refractivity contribution is 14.1. The van der Waals surface area contributed by atoms with Crippen LogP contribution in [0.25, 0.3) is 0 Å². The van der Waals surface area contributed by atoms with Crippen molar-refractivity contribution in [2.24, 2.45) is 0 Å². The topological polar surface area (TPSA) is 471 Å². The van der Waals surface area contributed by atoms with Crippen LogP contribution in [0.15, 0.2) is 0 Å². The zero-order chi connectivity index (χ0) is 64.1. The first-order valence-corrected chi connectivity index (χ1v) is 39.9. The maximum absolute atomic E-state index is 11.7. The Labute approximate surface area is 611 Å². The van der Waals surface area contributed by atoms with Gasteiger partial charge in [-0.15, -0.1) is 0 Å². The molecule has 0 radical (unpaired) electrons. The molecule has 32 nitrogen and oxygen atoms in total. The summed E-state index contributed by atoms with van der Waals surface area (Å²) in [6.07, 6.45) is -64.9. The molecule has 30 heterocycles. The van der Waals surface area contributed by atoms with Crippen LogP contribution in [0.2, 0.25) is 0 Å². The number of alkyl halides is 8. The van der Waals surface area contributed by atoms with Crippen molar-refractivity contribution in [1.82, 2.24) is 0 Å². The van der Waals surface area contributed by atoms with Gasteiger partial charge in [0.1, 0.15) is 146 Å². The minimum absolute atomic E-state index is 0.0536. The van der Waals surface area contributed by atoms with Crippen LogP contribution in [0.4, 0.5) is 0 Å². The molecule has 16 N–H and O–H groups in total. The third-order valence-electron chi connectivity index (χ3n) is 16.7. The summed E-state index contributed by atoms with van der Waals surface area (Å²) in [6, 6.07) is 0. The maximum atomic E-state index is 11.7. The molecule has 0 spiro atoms. The Kier molecular flexibility index (Phi) is 29.7. The Hall–Kier alpha value is 4.56. The molecule has 30 saturated heterocycles. The molecular weight excluding hydrogens is 2100 g/mol. The average molecular weight is 2180 g/mol. The van der Waals surface area contributed by atoms with Crippen LogP contribution in [-0.2, 0) is 75.8 Å². The van der Waals surface area contributed by atoms with Gasteiger partial charge >= 0.3 is 0 Å². The standard InChI is InChI=1S/C48H72I8O32/c49-1-9-33-17(57)25(65)41(73-9)82-34-10(2-50)75-43(27(67)19(34)59)84-36-12(4-52)77-45(29(69)21(36)61)86-38-14(6-54)79-47(31(71)23(38)63)88-40-16(8-56)80-48(32(72)24(40)64)87-39-15(7-55)78-46(30(70)22(39)62)85-37-13(5-53)76-44(28(68)20(37)60)83-35-11(3-51)74-42(81-33)26(66)18(35)58/h9-48,57-72H,1-8H2/t9?,10?,11?,12?,13?,14?,15?,16?,17-,18-,19-,20-,21+,22+,23+,24-,25?,26?,27?,28?,29?,30?,31?,32?,33-,34-,35-,36-,37-,38-,39-,40-,41-,42-,43-,44-,45-,46-,47-,48-/m1/s1. The third-order valence-corrected chi connectivity index (χ3v) is 23.6. The zero-order valence-corrected chi connectivity index (χ0v) is 62.7. The first kappa shape index (κ1) is 76.7. The van der Waals surface area contributed by atoms with E-state index in [9.17, 15) is 81.7 Å². The van der Waals surface area contributed by atoms with E-state index in [0.29, 0.717) is 0 Å². The molecule has 0 amide bonds. The molecule has 30 fully saturated rings. The number of ether oxygens (including phenoxy) is 16. The highest BCUT2D eigenvalue weighted by Gasteiger charge is 2.60. The van der Waals surface area contributed by atoms with Crippen molar-refractivity contribution in [3.8, 4) is 0 Å². The quantitative estimate of drug-likeness (QED) is 0.0795. The van der Waals surface area contributed by atoms with Gasteiger partial charge in [-0.2, -0.15) is 0 Å². The zero-order valence-electron chi connectivity index (χ0n) is 45.5. The van der Waals surface area contributed by atoms with E-state index in [-0.39, 0.29) is 35.4 Å². The molecule has 0 aliphatic carbocycles. The molecule has 0 aromatic rings. The van der Waals surface area contributed by atoms with Gasteiger partial charge in [-0.3, -0.25) is 0 Å². The molecule has 0 saturated carbocycles. The molecule has 0 aromatic heterocycles. The third kappa shape index (κ3) is 16.1. The summed E-state index contributed by atoms with van der Waals surface area (Å²) in [5, 5.41) is 186. The van der Waals surface area contributed by atoms with Crippen LogP contribution >= 0.6 is 181 Å². The van der Waals surface area contributed by atoms with E-state index >= 15 is 0 Å². The normalized spacial score (nSPS) is 55.4. The second-order valence-electron chi connectivity index (χ2n) is 22.2. The summed E-state index contributed by atoms with van der Waals surface area (Å²) in [4.78, 5) is 0. The molecule has 16 unspecified atom stereocenters. The predicted molar refractivity (Wildman–Crippen MR) is 355 cm³/mol. The molecule has 40 atom stereocenters. The summed E-state index contributed by atoms with van der Waals surface area (Å²) in [6.45, 7) is 0. The van der Waals surface area contributed by atoms with Gasteiger partial charge in [-0.25, -0.2) is 0 Å². The van der Waals surface area contributed by atoms with Crippen molar-refractivity contribution in [3.05, 3.63) is 0 Å². The number of rotatable bonds is 8. The lowest BCUT2D eigenvalue weighted by atomic mass is 9.95. The minimum Gasteiger partial charge on any atom is -0.387 e. The molecule has 0 aromatic carbocycles. The van der Waals surface area contributed by atoms with Crippen LogP contribution in [0.3, 0.4) is 0 Å². The molecular formula is C48H72I8O32. The molecule has 512 valence electrons. The van der Waals surface area contributed by atoms with Crippen molar-refractivity contribution in [1.29, 1.82) is 0 Å². The Bertz CT molecular complexity index is 1730. The van der Waals surface area contributed by atoms with E-state index in [0.717, 1.165) is 0 Å². The number of hydrogen-bond donors (Lipinski definition) is 16. The SMILES string of the molecule is OC1[C@@H]2OC(CI)[C@@H](O[C@H]3OC(CI)[C@@H](O[C@H]4OC(CI)[C@@H](O[C@H]5OC(CI)[C@@H](O[C@H]6OC(CI)[C@@H](O[C@H]7OC(CI)[C@@H](O[C@H]8OC(CI)[C@@H](O[C@H]9OC(CI)[C@@H](O2)[C@H](O)C9O)[C@@H](O)C8O)[C@@H](O)C7O)[C@H](O)C6O)[C@@H](O)C5O)[C@H](O)C4O)[C@H](O)C3O)[C@@H]1O. The molecule has 88 heavy (non-hydrogen) atoms. The summed E-state index contributed by atoms with van der Waals surface area (Å²) in [5.41, 5.74) is 0. The minimum atomic E-state index is -1.93. The fourth-order valence-electron chi connectivity index (χ4n) is 11.7. The van der Waals surface area contributed by atoms with E-state index < -0.39 is 246 Å². The Morgan fingerprint density at radius 1 is 0.148 bits per heavy atom. The number of aliphatic hydroxyl groups is 16. The maximum Gasteiger partial charge on any atom is 0.187 e. The lowest BCUT2D eigenvalue weighted by molar-refractivity contribution is -0.396. The first-order valence-electron chi connectivity index (χ1n) is 27.7. The van der Waals surface area contributed by atoms with Crippen LogP contribution in [0, 0.1) is 0 Å². The summed E-state index contributed by atoms with van der Waals surface area (Å²) >= 11 is 15.3. The monoisotopic (exact) mass is 2180 g/mol. The summed E-state index contributed by atoms with van der Waals surface area (Å²) in [7, 11) is 0. The van der Waals surface area contributed by atoms with Crippen molar-refractivity contribution < 1.29 is 157 Å². The van der Waals surface area contributed by atoms with Gasteiger partial charge in [0, 0.05) is 35.4 Å². The van der Waals surface area contributed by atoms with E-state index in [1.807, 2.05) is 181 Å². The second-order valence-corrected chi connectivity index (χ2v) is 29.3. The Morgan fingerprint density at radius 2 is 0.239 bits per heavy atom. The van der Waals surface area contributed by atoms with Crippen molar-refractivity contribution >= 4 is 181 Å². The summed E-state index contributed by atoms with van der Waals surface area (Å²) < 4.78 is 98.2. The fourth-order valence-corrected chi connectivity index (χ4v) is 17.4. The predicted octanol–water partition coefficient (Wildman–Crippen LogP) is -5.86. The van der Waals surface area contributed by atoms with Gasteiger partial charge < -0.3 is 157 Å². The van der Waals surface area contributed by atoms with Gasteiger partial charge in [0.25, 0.3) is 0 Å². The smallest absolute Gasteiger partial charge is 0.187 e. The lowest BCUT2D eigenvalue weighted by Crippen LogP contribution is -2.68. The number of hydrogen-bond acceptors (Lipinski definition) is 32. The van der Waals surface area contributed by atoms with Crippen LogP contribution in [0.5, 0.6) is 0 Å². The van der Waals surface area contributed by atoms with Gasteiger partial charge in [0.2, 0.25) is 0 Å². The van der Waals surface area contributed by atoms with Crippen LogP contribution < -0.4 is 0 Å². The molecule has 40 heteroatoms. The highest BCUT2D eigenvalue weighted by Crippen LogP contribution is 2.41. The van der Waals surface area contributed by atoms with Gasteiger partial charge in [0.05, 0.1) is 48.8 Å². The van der Waals surface area contributed by atoms with E-state index in [2.05, 4.69) is 0 Å². The Morgan fingerprint density at radius 3 is 0.318 bits per heavy atom. The second kappa shape index (κ2) is 34.0. The van der Waals surface area contributed by atoms with Crippen molar-refractivity contribution in [2.45, 2.75) is 246 Å². The van der Waals surface area contributed by atoms with Crippen molar-refractivity contribution in [3.63, 3.8) is 0 Å². The lowest BCUT2D eigenvalue weighted by Gasteiger charge is -2.51.